The SMILES string of the molecule is COCC(C)NC(N)=NCc1ccc(OCc2ccccn2)cc1.I. The molecule has 0 aliphatic carbocycles. The summed E-state index contributed by atoms with van der Waals surface area (Å²) in [6, 6.07) is 13.7. The Hall–Kier alpha value is -1.87. The van der Waals surface area contributed by atoms with Crippen LogP contribution in [0.5, 0.6) is 5.75 Å². The van der Waals surface area contributed by atoms with Crippen LogP contribution in [0.15, 0.2) is 53.7 Å². The Morgan fingerprint density at radius 3 is 2.64 bits per heavy atom. The maximum absolute atomic E-state index is 5.85. The number of benzene rings is 1. The number of aromatic nitrogens is 1. The van der Waals surface area contributed by atoms with E-state index in [2.05, 4.69) is 15.3 Å². The summed E-state index contributed by atoms with van der Waals surface area (Å²) in [5.41, 5.74) is 7.80. The van der Waals surface area contributed by atoms with Gasteiger partial charge in [-0.3, -0.25) is 4.98 Å². The minimum atomic E-state index is 0. The largest absolute Gasteiger partial charge is 0.487 e. The zero-order valence-electron chi connectivity index (χ0n) is 14.5. The first-order chi connectivity index (χ1) is 11.7. The first-order valence-electron chi connectivity index (χ1n) is 7.84. The number of ether oxygens (including phenoxy) is 2. The molecule has 1 aromatic carbocycles. The first-order valence-corrected chi connectivity index (χ1v) is 7.84. The van der Waals surface area contributed by atoms with Crippen LogP contribution in [0, 0.1) is 0 Å². The molecule has 1 heterocycles. The van der Waals surface area contributed by atoms with Crippen LogP contribution in [0.3, 0.4) is 0 Å². The van der Waals surface area contributed by atoms with Crippen molar-refractivity contribution in [1.82, 2.24) is 10.3 Å². The number of nitrogens with one attached hydrogen (secondary N) is 1. The van der Waals surface area contributed by atoms with E-state index in [-0.39, 0.29) is 30.0 Å². The number of nitrogens with two attached hydrogens (primary N) is 1. The summed E-state index contributed by atoms with van der Waals surface area (Å²) in [7, 11) is 1.66. The molecule has 0 aliphatic heterocycles. The molecule has 25 heavy (non-hydrogen) atoms. The van der Waals surface area contributed by atoms with Gasteiger partial charge in [-0.15, -0.1) is 24.0 Å². The molecule has 0 saturated carbocycles. The molecule has 0 aliphatic rings. The van der Waals surface area contributed by atoms with Crippen LogP contribution in [0.1, 0.15) is 18.2 Å². The summed E-state index contributed by atoms with van der Waals surface area (Å²) in [4.78, 5) is 8.54. The number of aliphatic imine (C=N–C) groups is 1. The van der Waals surface area contributed by atoms with E-state index in [9.17, 15) is 0 Å². The third-order valence-corrected chi connectivity index (χ3v) is 3.28. The van der Waals surface area contributed by atoms with E-state index in [0.717, 1.165) is 17.0 Å². The van der Waals surface area contributed by atoms with E-state index in [1.54, 1.807) is 13.3 Å². The van der Waals surface area contributed by atoms with Crippen molar-refractivity contribution in [3.63, 3.8) is 0 Å². The lowest BCUT2D eigenvalue weighted by Gasteiger charge is -2.13. The number of hydrogen-bond acceptors (Lipinski definition) is 4. The van der Waals surface area contributed by atoms with Gasteiger partial charge in [0.15, 0.2) is 5.96 Å². The second kappa shape index (κ2) is 11.6. The summed E-state index contributed by atoms with van der Waals surface area (Å²) >= 11 is 0. The highest BCUT2D eigenvalue weighted by Gasteiger charge is 2.02. The monoisotopic (exact) mass is 456 g/mol. The van der Waals surface area contributed by atoms with Crippen LogP contribution in [0.4, 0.5) is 0 Å². The molecule has 136 valence electrons. The fourth-order valence-corrected chi connectivity index (χ4v) is 2.10. The second-order valence-corrected chi connectivity index (χ2v) is 5.46. The normalized spacial score (nSPS) is 12.2. The van der Waals surface area contributed by atoms with Crippen molar-refractivity contribution >= 4 is 29.9 Å². The van der Waals surface area contributed by atoms with Crippen molar-refractivity contribution < 1.29 is 9.47 Å². The van der Waals surface area contributed by atoms with E-state index in [4.69, 9.17) is 15.2 Å². The maximum Gasteiger partial charge on any atom is 0.189 e. The van der Waals surface area contributed by atoms with E-state index in [1.807, 2.05) is 49.4 Å². The average Bonchev–Trinajstić information content (AvgIpc) is 2.60. The molecule has 0 saturated heterocycles. The van der Waals surface area contributed by atoms with Crippen LogP contribution in [0.25, 0.3) is 0 Å². The number of methoxy groups -OCH3 is 1. The Morgan fingerprint density at radius 1 is 1.24 bits per heavy atom. The third-order valence-electron chi connectivity index (χ3n) is 3.28. The van der Waals surface area contributed by atoms with Gasteiger partial charge in [0.05, 0.1) is 18.8 Å². The van der Waals surface area contributed by atoms with Gasteiger partial charge in [0.2, 0.25) is 0 Å². The van der Waals surface area contributed by atoms with Gasteiger partial charge in [0, 0.05) is 19.3 Å². The molecule has 0 fully saturated rings. The van der Waals surface area contributed by atoms with Gasteiger partial charge in [-0.1, -0.05) is 18.2 Å². The number of nitrogens with zero attached hydrogens (tertiary/aromatic N) is 2. The van der Waals surface area contributed by atoms with E-state index in [1.165, 1.54) is 0 Å². The molecule has 0 radical (unpaired) electrons. The zero-order chi connectivity index (χ0) is 17.2. The fraction of sp³-hybridized carbons (Fsp3) is 0.333. The molecule has 1 atom stereocenters. The highest BCUT2D eigenvalue weighted by molar-refractivity contribution is 14.0. The van der Waals surface area contributed by atoms with Crippen molar-refractivity contribution in [2.75, 3.05) is 13.7 Å². The van der Waals surface area contributed by atoms with Gasteiger partial charge in [0.25, 0.3) is 0 Å². The number of pyridine rings is 1. The predicted molar refractivity (Wildman–Crippen MR) is 110 cm³/mol. The van der Waals surface area contributed by atoms with Crippen molar-refractivity contribution in [1.29, 1.82) is 0 Å². The highest BCUT2D eigenvalue weighted by Crippen LogP contribution is 2.14. The van der Waals surface area contributed by atoms with Gasteiger partial charge >= 0.3 is 0 Å². The van der Waals surface area contributed by atoms with Gasteiger partial charge < -0.3 is 20.5 Å². The Kier molecular flexibility index (Phi) is 9.86. The molecule has 7 heteroatoms. The lowest BCUT2D eigenvalue weighted by Crippen LogP contribution is -2.40. The fourth-order valence-electron chi connectivity index (χ4n) is 2.10. The third kappa shape index (κ3) is 8.17. The van der Waals surface area contributed by atoms with Gasteiger partial charge in [-0.05, 0) is 36.8 Å². The molecule has 1 unspecified atom stereocenters. The highest BCUT2D eigenvalue weighted by atomic mass is 127. The topological polar surface area (TPSA) is 81.8 Å². The number of rotatable bonds is 8. The quantitative estimate of drug-likeness (QED) is 0.363. The van der Waals surface area contributed by atoms with Gasteiger partial charge in [0.1, 0.15) is 12.4 Å². The smallest absolute Gasteiger partial charge is 0.189 e. The van der Waals surface area contributed by atoms with Crippen molar-refractivity contribution in [2.45, 2.75) is 26.1 Å². The average molecular weight is 456 g/mol. The molecular weight excluding hydrogens is 431 g/mol. The molecule has 3 N–H and O–H groups in total. The molecule has 2 aromatic rings. The Morgan fingerprint density at radius 2 is 2.00 bits per heavy atom. The minimum Gasteiger partial charge on any atom is -0.487 e. The standard InChI is InChI=1S/C18H24N4O2.HI/c1-14(12-23-2)22-18(19)21-11-15-6-8-17(9-7-15)24-13-16-5-3-4-10-20-16;/h3-10,14H,11-13H2,1-2H3,(H3,19,21,22);1H. The molecule has 0 bridgehead atoms. The maximum atomic E-state index is 5.85. The minimum absolute atomic E-state index is 0. The molecule has 6 nitrogen and oxygen atoms in total. The number of hydrogen-bond donors (Lipinski definition) is 2. The molecule has 1 aromatic heterocycles. The Labute approximate surface area is 165 Å². The lowest BCUT2D eigenvalue weighted by atomic mass is 10.2. The number of guanidine groups is 1. The van der Waals surface area contributed by atoms with Crippen molar-refractivity contribution in [2.24, 2.45) is 10.7 Å². The second-order valence-electron chi connectivity index (χ2n) is 5.46. The van der Waals surface area contributed by atoms with E-state index in [0.29, 0.717) is 25.7 Å². The predicted octanol–water partition coefficient (Wildman–Crippen LogP) is 2.72. The summed E-state index contributed by atoms with van der Waals surface area (Å²) < 4.78 is 10.7. The Balaban J connectivity index is 0.00000312. The zero-order valence-corrected chi connectivity index (χ0v) is 16.8. The van der Waals surface area contributed by atoms with Crippen LogP contribution < -0.4 is 15.8 Å². The van der Waals surface area contributed by atoms with Crippen LogP contribution >= 0.6 is 24.0 Å². The van der Waals surface area contributed by atoms with E-state index < -0.39 is 0 Å². The summed E-state index contributed by atoms with van der Waals surface area (Å²) in [6.45, 7) is 3.53. The summed E-state index contributed by atoms with van der Waals surface area (Å²) in [6.07, 6.45) is 1.76. The van der Waals surface area contributed by atoms with Crippen LogP contribution in [-0.4, -0.2) is 30.7 Å². The molecule has 0 spiro atoms. The molecular formula is C18H25IN4O2. The lowest BCUT2D eigenvalue weighted by molar-refractivity contribution is 0.179. The van der Waals surface area contributed by atoms with Gasteiger partial charge in [-0.25, -0.2) is 4.99 Å². The van der Waals surface area contributed by atoms with Gasteiger partial charge in [-0.2, -0.15) is 0 Å². The van der Waals surface area contributed by atoms with E-state index >= 15 is 0 Å². The molecule has 2 rings (SSSR count). The van der Waals surface area contributed by atoms with Crippen molar-refractivity contribution in [3.05, 3.63) is 59.9 Å². The van der Waals surface area contributed by atoms with Crippen LogP contribution in [-0.2, 0) is 17.9 Å². The molecule has 0 amide bonds. The first kappa shape index (κ1) is 21.2. The van der Waals surface area contributed by atoms with Crippen LogP contribution in [0.2, 0.25) is 0 Å². The number of halogens is 1. The Bertz CT molecular complexity index is 635. The summed E-state index contributed by atoms with van der Waals surface area (Å²) in [5.74, 6) is 1.21. The summed E-state index contributed by atoms with van der Waals surface area (Å²) in [5, 5.41) is 3.07. The van der Waals surface area contributed by atoms with Crippen molar-refractivity contribution in [3.8, 4) is 5.75 Å².